The molecule has 0 saturated heterocycles. The second kappa shape index (κ2) is 9.86. The molecule has 0 aromatic heterocycles. The molecule has 8 heteroatoms. The third-order valence-electron chi connectivity index (χ3n) is 3.22. The summed E-state index contributed by atoms with van der Waals surface area (Å²) in [4.78, 5) is 22.5. The van der Waals surface area contributed by atoms with Gasteiger partial charge < -0.3 is 29.6 Å². The van der Waals surface area contributed by atoms with Crippen LogP contribution < -0.4 is 44.1 Å². The number of carbonyl (C=O) groups is 2. The van der Waals surface area contributed by atoms with Gasteiger partial charge in [0.15, 0.2) is 17.3 Å². The number of hydrogen-bond acceptors (Lipinski definition) is 7. The maximum absolute atomic E-state index is 12.1. The summed E-state index contributed by atoms with van der Waals surface area (Å²) in [6.45, 7) is -0.659. The normalized spacial score (nSPS) is 10.2. The number of carboxylic acids is 1. The van der Waals surface area contributed by atoms with Gasteiger partial charge in [-0.15, -0.1) is 0 Å². The molecule has 0 radical (unpaired) electrons. The van der Waals surface area contributed by atoms with Gasteiger partial charge in [-0.3, -0.25) is 4.79 Å². The Hall–Kier alpha value is -2.48. The molecular weight excluding hydrogens is 351 g/mol. The SMILES string of the molecule is COc1ccc(/C=C/C(=O)c2ccc(OCC(=O)[O-])cc2O)cc1O.[Na+]. The predicted molar refractivity (Wildman–Crippen MR) is 86.6 cm³/mol. The Morgan fingerprint density at radius 3 is 2.42 bits per heavy atom. The summed E-state index contributed by atoms with van der Waals surface area (Å²) < 4.78 is 9.79. The van der Waals surface area contributed by atoms with E-state index in [9.17, 15) is 24.9 Å². The molecule has 0 aliphatic rings. The first-order chi connectivity index (χ1) is 11.9. The van der Waals surface area contributed by atoms with Crippen LogP contribution in [0.5, 0.6) is 23.0 Å². The predicted octanol–water partition coefficient (Wildman–Crippen LogP) is -1.86. The zero-order valence-electron chi connectivity index (χ0n) is 14.3. The quantitative estimate of drug-likeness (QED) is 0.335. The number of allylic oxidation sites excluding steroid dienone is 1. The summed E-state index contributed by atoms with van der Waals surface area (Å²) in [5.74, 6) is -1.86. The fourth-order valence-electron chi connectivity index (χ4n) is 2.02. The fraction of sp³-hybridized carbons (Fsp3) is 0.111. The first-order valence-electron chi connectivity index (χ1n) is 7.16. The second-order valence-corrected chi connectivity index (χ2v) is 4.97. The van der Waals surface area contributed by atoms with E-state index in [0.717, 1.165) is 6.07 Å². The van der Waals surface area contributed by atoms with Gasteiger partial charge in [0.1, 0.15) is 18.1 Å². The molecule has 0 saturated carbocycles. The second-order valence-electron chi connectivity index (χ2n) is 4.97. The Morgan fingerprint density at radius 1 is 1.12 bits per heavy atom. The van der Waals surface area contributed by atoms with Gasteiger partial charge >= 0.3 is 29.6 Å². The van der Waals surface area contributed by atoms with Crippen molar-refractivity contribution < 1.29 is 63.9 Å². The minimum absolute atomic E-state index is 0. The zero-order chi connectivity index (χ0) is 18.4. The van der Waals surface area contributed by atoms with Crippen LogP contribution in [-0.2, 0) is 4.79 Å². The molecule has 2 rings (SSSR count). The van der Waals surface area contributed by atoms with Crippen LogP contribution in [0.2, 0.25) is 0 Å². The first kappa shape index (κ1) is 21.6. The van der Waals surface area contributed by atoms with E-state index in [1.54, 1.807) is 12.1 Å². The molecule has 0 spiro atoms. The number of benzene rings is 2. The van der Waals surface area contributed by atoms with Crippen LogP contribution in [0.25, 0.3) is 6.08 Å². The van der Waals surface area contributed by atoms with Gasteiger partial charge in [-0.1, -0.05) is 12.1 Å². The Kier molecular flexibility index (Phi) is 8.18. The molecule has 0 unspecified atom stereocenters. The van der Waals surface area contributed by atoms with Crippen molar-refractivity contribution in [2.45, 2.75) is 0 Å². The maximum atomic E-state index is 12.1. The maximum Gasteiger partial charge on any atom is 1.00 e. The Labute approximate surface area is 171 Å². The molecule has 2 N–H and O–H groups in total. The number of phenolic OH excluding ortho intramolecular Hbond substituents is 2. The Morgan fingerprint density at radius 2 is 1.85 bits per heavy atom. The molecule has 0 fully saturated rings. The van der Waals surface area contributed by atoms with E-state index in [-0.39, 0.29) is 52.4 Å². The van der Waals surface area contributed by atoms with Gasteiger partial charge in [0.05, 0.1) is 18.6 Å². The summed E-state index contributed by atoms with van der Waals surface area (Å²) in [6, 6.07) is 8.46. The average Bonchev–Trinajstić information content (AvgIpc) is 2.58. The van der Waals surface area contributed by atoms with Crippen molar-refractivity contribution in [2.75, 3.05) is 13.7 Å². The number of aromatic hydroxyl groups is 2. The molecule has 0 bridgehead atoms. The number of ketones is 1. The molecule has 2 aromatic carbocycles. The van der Waals surface area contributed by atoms with E-state index in [1.165, 1.54) is 37.5 Å². The Bertz CT molecular complexity index is 830. The first-order valence-corrected chi connectivity index (χ1v) is 7.16. The van der Waals surface area contributed by atoms with Gasteiger partial charge in [0.25, 0.3) is 0 Å². The molecular formula is C18H15NaO7. The van der Waals surface area contributed by atoms with Crippen molar-refractivity contribution in [2.24, 2.45) is 0 Å². The number of carboxylic acid groups (broad SMARTS) is 1. The van der Waals surface area contributed by atoms with Crippen molar-refractivity contribution in [1.29, 1.82) is 0 Å². The Balaban J connectivity index is 0.00000338. The van der Waals surface area contributed by atoms with E-state index in [4.69, 9.17) is 9.47 Å². The molecule has 7 nitrogen and oxygen atoms in total. The van der Waals surface area contributed by atoms with E-state index < -0.39 is 18.4 Å². The van der Waals surface area contributed by atoms with Gasteiger partial charge in [-0.2, -0.15) is 0 Å². The largest absolute Gasteiger partial charge is 1.00 e. The minimum Gasteiger partial charge on any atom is -0.546 e. The van der Waals surface area contributed by atoms with Crippen molar-refractivity contribution in [3.63, 3.8) is 0 Å². The van der Waals surface area contributed by atoms with E-state index in [1.807, 2.05) is 0 Å². The van der Waals surface area contributed by atoms with Crippen LogP contribution in [0.3, 0.4) is 0 Å². The summed E-state index contributed by atoms with van der Waals surface area (Å²) in [7, 11) is 1.43. The van der Waals surface area contributed by atoms with Crippen LogP contribution >= 0.6 is 0 Å². The van der Waals surface area contributed by atoms with E-state index >= 15 is 0 Å². The van der Waals surface area contributed by atoms with Crippen LogP contribution in [0.1, 0.15) is 15.9 Å². The monoisotopic (exact) mass is 366 g/mol. The molecule has 26 heavy (non-hydrogen) atoms. The number of aliphatic carboxylic acids is 1. The van der Waals surface area contributed by atoms with Crippen LogP contribution in [0, 0.1) is 0 Å². The number of phenols is 2. The number of carbonyl (C=O) groups excluding carboxylic acids is 2. The molecule has 0 aliphatic heterocycles. The average molecular weight is 366 g/mol. The summed E-state index contributed by atoms with van der Waals surface area (Å²) in [5, 5.41) is 29.9. The third-order valence-corrected chi connectivity index (χ3v) is 3.22. The topological polar surface area (TPSA) is 116 Å². The van der Waals surface area contributed by atoms with Crippen molar-refractivity contribution >= 4 is 17.8 Å². The molecule has 2 aromatic rings. The van der Waals surface area contributed by atoms with Crippen LogP contribution in [-0.4, -0.2) is 35.7 Å². The van der Waals surface area contributed by atoms with Crippen molar-refractivity contribution in [1.82, 2.24) is 0 Å². The summed E-state index contributed by atoms with van der Waals surface area (Å²) in [5.41, 5.74) is 0.592. The van der Waals surface area contributed by atoms with E-state index in [0.29, 0.717) is 11.3 Å². The molecule has 130 valence electrons. The van der Waals surface area contributed by atoms with E-state index in [2.05, 4.69) is 0 Å². The molecule has 0 aliphatic carbocycles. The number of rotatable bonds is 7. The summed E-state index contributed by atoms with van der Waals surface area (Å²) in [6.07, 6.45) is 2.71. The fourth-order valence-corrected chi connectivity index (χ4v) is 2.02. The van der Waals surface area contributed by atoms with Crippen LogP contribution in [0.4, 0.5) is 0 Å². The zero-order valence-corrected chi connectivity index (χ0v) is 16.3. The smallest absolute Gasteiger partial charge is 0.546 e. The van der Waals surface area contributed by atoms with Gasteiger partial charge in [-0.25, -0.2) is 0 Å². The standard InChI is InChI=1S/C18H16O7.Na/c1-24-17-7-3-11(8-16(17)21)2-6-14(19)13-5-4-12(9-15(13)20)25-10-18(22)23;/h2-9,20-21H,10H2,1H3,(H,22,23);/q;+1/p-1/b6-2+;. The number of ether oxygens (including phenoxy) is 2. The molecule has 0 atom stereocenters. The van der Waals surface area contributed by atoms with Gasteiger partial charge in [0.2, 0.25) is 0 Å². The minimum atomic E-state index is -1.40. The number of methoxy groups -OCH3 is 1. The van der Waals surface area contributed by atoms with Crippen molar-refractivity contribution in [3.05, 3.63) is 53.6 Å². The molecule has 0 heterocycles. The van der Waals surface area contributed by atoms with Gasteiger partial charge in [0, 0.05) is 6.07 Å². The third kappa shape index (κ3) is 5.80. The van der Waals surface area contributed by atoms with Crippen LogP contribution in [0.15, 0.2) is 42.5 Å². The molecule has 0 amide bonds. The number of hydrogen-bond donors (Lipinski definition) is 2. The van der Waals surface area contributed by atoms with Crippen molar-refractivity contribution in [3.8, 4) is 23.0 Å². The van der Waals surface area contributed by atoms with Gasteiger partial charge in [-0.05, 0) is 35.9 Å². The summed E-state index contributed by atoms with van der Waals surface area (Å²) >= 11 is 0.